The van der Waals surface area contributed by atoms with Crippen molar-refractivity contribution < 1.29 is 9.53 Å². The summed E-state index contributed by atoms with van der Waals surface area (Å²) in [6.07, 6.45) is 1.75. The molecule has 136 valence electrons. The molecule has 4 heteroatoms. The molecule has 0 bridgehead atoms. The second-order valence-corrected chi connectivity index (χ2v) is 6.65. The molecule has 0 aliphatic heterocycles. The monoisotopic (exact) mass is 369 g/mol. The first-order valence-corrected chi connectivity index (χ1v) is 9.16. The van der Waals surface area contributed by atoms with E-state index >= 15 is 0 Å². The van der Waals surface area contributed by atoms with Crippen molar-refractivity contribution in [3.05, 3.63) is 64.2 Å². The van der Waals surface area contributed by atoms with E-state index in [9.17, 15) is 4.79 Å². The van der Waals surface area contributed by atoms with E-state index in [0.717, 1.165) is 35.3 Å². The molecule has 1 N–H and O–H groups in total. The van der Waals surface area contributed by atoms with Crippen LogP contribution >= 0.6 is 11.6 Å². The molecule has 0 saturated heterocycles. The Morgan fingerprint density at radius 1 is 1.19 bits per heavy atom. The number of carbonyl (C=O) groups excluding carboxylic acids is 1. The smallest absolute Gasteiger partial charge is 0.217 e. The number of rotatable bonds is 6. The maximum atomic E-state index is 11.1. The quantitative estimate of drug-likeness (QED) is 0.756. The summed E-state index contributed by atoms with van der Waals surface area (Å²) in [5, 5.41) is 3.47. The summed E-state index contributed by atoms with van der Waals surface area (Å²) in [4.78, 5) is 11.1. The molecule has 26 heavy (non-hydrogen) atoms. The zero-order chi connectivity index (χ0) is 18.9. The summed E-state index contributed by atoms with van der Waals surface area (Å²) in [6.45, 7) is 6.26. The molecule has 2 aromatic rings. The third-order valence-electron chi connectivity index (χ3n) is 3.70. The van der Waals surface area contributed by atoms with Crippen LogP contribution in [0, 0.1) is 11.8 Å². The second-order valence-electron chi connectivity index (χ2n) is 6.24. The summed E-state index contributed by atoms with van der Waals surface area (Å²) in [5.41, 5.74) is 2.86. The zero-order valence-electron chi connectivity index (χ0n) is 15.4. The zero-order valence-corrected chi connectivity index (χ0v) is 16.2. The average Bonchev–Trinajstić information content (AvgIpc) is 2.59. The maximum absolute atomic E-state index is 11.1. The summed E-state index contributed by atoms with van der Waals surface area (Å²) in [6, 6.07) is 13.7. The van der Waals surface area contributed by atoms with Gasteiger partial charge in [0.15, 0.2) is 0 Å². The van der Waals surface area contributed by atoms with Gasteiger partial charge in [-0.25, -0.2) is 0 Å². The highest BCUT2D eigenvalue weighted by Gasteiger charge is 2.04. The molecule has 1 atom stereocenters. The maximum Gasteiger partial charge on any atom is 0.217 e. The number of benzene rings is 2. The molecule has 0 radical (unpaired) electrons. The number of hydrogen-bond acceptors (Lipinski definition) is 2. The lowest BCUT2D eigenvalue weighted by Crippen LogP contribution is -2.31. The lowest BCUT2D eigenvalue weighted by atomic mass is 10.0. The highest BCUT2D eigenvalue weighted by molar-refractivity contribution is 6.31. The number of halogens is 1. The van der Waals surface area contributed by atoms with Crippen molar-refractivity contribution in [1.82, 2.24) is 5.32 Å². The van der Waals surface area contributed by atoms with Crippen molar-refractivity contribution in [1.29, 1.82) is 0 Å². The molecule has 2 rings (SSSR count). The Hall–Kier alpha value is -2.44. The minimum atomic E-state index is -0.0111. The molecule has 0 aliphatic rings. The van der Waals surface area contributed by atoms with Gasteiger partial charge in [0.05, 0.1) is 11.6 Å². The first-order valence-electron chi connectivity index (χ1n) is 8.78. The van der Waals surface area contributed by atoms with Gasteiger partial charge in [-0.1, -0.05) is 42.5 Å². The number of ether oxygens (including phenoxy) is 1. The SMILES string of the molecule is CCCOc1ccc(C#Cc2ccc(CC(C)NC(C)=O)cc2)c(Cl)c1. The number of hydrogen-bond donors (Lipinski definition) is 1. The topological polar surface area (TPSA) is 38.3 Å². The lowest BCUT2D eigenvalue weighted by Gasteiger charge is -2.12. The standard InChI is InChI=1S/C22H24ClNO2/c1-4-13-26-21-12-11-20(22(23)15-21)10-9-18-5-7-19(8-6-18)14-16(2)24-17(3)25/h5-8,11-12,15-16H,4,13-14H2,1-3H3,(H,24,25). The fraction of sp³-hybridized carbons (Fsp3) is 0.318. The van der Waals surface area contributed by atoms with Gasteiger partial charge in [0.2, 0.25) is 5.91 Å². The Balaban J connectivity index is 2.02. The van der Waals surface area contributed by atoms with Gasteiger partial charge in [0, 0.05) is 30.2 Å². The molecule has 2 aromatic carbocycles. The van der Waals surface area contributed by atoms with E-state index in [1.54, 1.807) is 6.07 Å². The van der Waals surface area contributed by atoms with Crippen LogP contribution in [-0.4, -0.2) is 18.6 Å². The van der Waals surface area contributed by atoms with Crippen LogP contribution in [0.4, 0.5) is 0 Å². The van der Waals surface area contributed by atoms with E-state index in [0.29, 0.717) is 11.6 Å². The molecule has 0 aromatic heterocycles. The predicted molar refractivity (Wildman–Crippen MR) is 107 cm³/mol. The minimum absolute atomic E-state index is 0.0111. The van der Waals surface area contributed by atoms with Crippen molar-refractivity contribution in [2.24, 2.45) is 0 Å². The van der Waals surface area contributed by atoms with Crippen LogP contribution < -0.4 is 10.1 Å². The van der Waals surface area contributed by atoms with Gasteiger partial charge >= 0.3 is 0 Å². The van der Waals surface area contributed by atoms with Crippen molar-refractivity contribution in [3.63, 3.8) is 0 Å². The van der Waals surface area contributed by atoms with Crippen LogP contribution in [0.25, 0.3) is 0 Å². The number of amides is 1. The van der Waals surface area contributed by atoms with E-state index in [1.165, 1.54) is 6.92 Å². The normalized spacial score (nSPS) is 11.2. The van der Waals surface area contributed by atoms with Crippen LogP contribution in [0.15, 0.2) is 42.5 Å². The van der Waals surface area contributed by atoms with E-state index in [2.05, 4.69) is 24.1 Å². The molecule has 0 spiro atoms. The highest BCUT2D eigenvalue weighted by Crippen LogP contribution is 2.22. The lowest BCUT2D eigenvalue weighted by molar-refractivity contribution is -0.119. The largest absolute Gasteiger partial charge is 0.494 e. The van der Waals surface area contributed by atoms with E-state index in [4.69, 9.17) is 16.3 Å². The molecule has 3 nitrogen and oxygen atoms in total. The Morgan fingerprint density at radius 3 is 2.54 bits per heavy atom. The van der Waals surface area contributed by atoms with Crippen molar-refractivity contribution in [2.75, 3.05) is 6.61 Å². The molecular weight excluding hydrogens is 346 g/mol. The third-order valence-corrected chi connectivity index (χ3v) is 4.01. The van der Waals surface area contributed by atoms with E-state index in [1.807, 2.05) is 43.3 Å². The molecular formula is C22H24ClNO2. The van der Waals surface area contributed by atoms with E-state index < -0.39 is 0 Å². The molecule has 1 amide bonds. The van der Waals surface area contributed by atoms with Gasteiger partial charge in [0.1, 0.15) is 5.75 Å². The third kappa shape index (κ3) is 6.46. The van der Waals surface area contributed by atoms with Crippen LogP contribution in [0.5, 0.6) is 5.75 Å². The second kappa shape index (κ2) is 9.89. The van der Waals surface area contributed by atoms with Gasteiger partial charge in [-0.15, -0.1) is 0 Å². The summed E-state index contributed by atoms with van der Waals surface area (Å²) in [5.74, 6) is 6.99. The van der Waals surface area contributed by atoms with Crippen LogP contribution in [0.1, 0.15) is 43.9 Å². The molecule has 0 heterocycles. The molecule has 1 unspecified atom stereocenters. The van der Waals surface area contributed by atoms with E-state index in [-0.39, 0.29) is 11.9 Å². The Bertz CT molecular complexity index is 803. The minimum Gasteiger partial charge on any atom is -0.494 e. The van der Waals surface area contributed by atoms with Crippen molar-refractivity contribution in [3.8, 4) is 17.6 Å². The summed E-state index contributed by atoms with van der Waals surface area (Å²) >= 11 is 6.28. The first kappa shape index (κ1) is 19.9. The number of carbonyl (C=O) groups is 1. The fourth-order valence-electron chi connectivity index (χ4n) is 2.52. The fourth-order valence-corrected chi connectivity index (χ4v) is 2.74. The summed E-state index contributed by atoms with van der Waals surface area (Å²) in [7, 11) is 0. The van der Waals surface area contributed by atoms with Gasteiger partial charge < -0.3 is 10.1 Å². The number of nitrogens with one attached hydrogen (secondary N) is 1. The first-order chi connectivity index (χ1) is 12.5. The molecule has 0 fully saturated rings. The molecule has 0 saturated carbocycles. The van der Waals surface area contributed by atoms with Crippen molar-refractivity contribution >= 4 is 17.5 Å². The van der Waals surface area contributed by atoms with Crippen LogP contribution in [0.2, 0.25) is 5.02 Å². The van der Waals surface area contributed by atoms with Gasteiger partial charge in [-0.3, -0.25) is 4.79 Å². The Labute approximate surface area is 160 Å². The Morgan fingerprint density at radius 2 is 1.92 bits per heavy atom. The van der Waals surface area contributed by atoms with Crippen LogP contribution in [0.3, 0.4) is 0 Å². The van der Waals surface area contributed by atoms with Crippen LogP contribution in [-0.2, 0) is 11.2 Å². The highest BCUT2D eigenvalue weighted by atomic mass is 35.5. The summed E-state index contributed by atoms with van der Waals surface area (Å²) < 4.78 is 5.56. The van der Waals surface area contributed by atoms with Gasteiger partial charge in [-0.05, 0) is 49.6 Å². The molecule has 0 aliphatic carbocycles. The average molecular weight is 370 g/mol. The Kier molecular flexibility index (Phi) is 7.56. The predicted octanol–water partition coefficient (Wildman–Crippen LogP) is 4.60. The van der Waals surface area contributed by atoms with Gasteiger partial charge in [0.25, 0.3) is 0 Å². The van der Waals surface area contributed by atoms with Gasteiger partial charge in [-0.2, -0.15) is 0 Å². The van der Waals surface area contributed by atoms with Crippen molar-refractivity contribution in [2.45, 2.75) is 39.7 Å².